The van der Waals surface area contributed by atoms with Crippen LogP contribution < -0.4 is 0 Å². The SMILES string of the molecule is O=S(=O)(Cl)C(c1ccc(F)c(Cl)c1)C(F)(F)F. The number of hydrogen-bond acceptors (Lipinski definition) is 2. The molecule has 1 unspecified atom stereocenters. The van der Waals surface area contributed by atoms with Crippen molar-refractivity contribution in [2.45, 2.75) is 11.4 Å². The van der Waals surface area contributed by atoms with E-state index < -0.39 is 36.9 Å². The maximum absolute atomic E-state index is 12.8. The van der Waals surface area contributed by atoms with E-state index >= 15 is 0 Å². The second-order valence-corrected chi connectivity index (χ2v) is 6.19. The van der Waals surface area contributed by atoms with Gasteiger partial charge >= 0.3 is 6.18 Å². The summed E-state index contributed by atoms with van der Waals surface area (Å²) in [5.74, 6) is -0.955. The minimum atomic E-state index is -5.11. The molecular formula is C8H4Cl2F4O2S. The van der Waals surface area contributed by atoms with E-state index in [2.05, 4.69) is 0 Å². The largest absolute Gasteiger partial charge is 0.410 e. The number of benzene rings is 1. The van der Waals surface area contributed by atoms with Crippen LogP contribution in [-0.2, 0) is 9.05 Å². The zero-order valence-corrected chi connectivity index (χ0v) is 10.1. The Morgan fingerprint density at radius 3 is 2.12 bits per heavy atom. The van der Waals surface area contributed by atoms with Gasteiger partial charge in [-0.05, 0) is 17.7 Å². The molecule has 0 radical (unpaired) electrons. The summed E-state index contributed by atoms with van der Waals surface area (Å²) < 4.78 is 72.1. The molecule has 17 heavy (non-hydrogen) atoms. The van der Waals surface area contributed by atoms with Gasteiger partial charge < -0.3 is 0 Å². The minimum Gasteiger partial charge on any atom is -0.211 e. The van der Waals surface area contributed by atoms with Crippen molar-refractivity contribution in [1.82, 2.24) is 0 Å². The van der Waals surface area contributed by atoms with Crippen LogP contribution in [0.15, 0.2) is 18.2 Å². The van der Waals surface area contributed by atoms with Crippen molar-refractivity contribution >= 4 is 31.3 Å². The average Bonchev–Trinajstić information content (AvgIpc) is 2.06. The van der Waals surface area contributed by atoms with Gasteiger partial charge in [0, 0.05) is 10.7 Å². The van der Waals surface area contributed by atoms with E-state index in [1.807, 2.05) is 0 Å². The molecule has 0 amide bonds. The standard InChI is InChI=1S/C8H4Cl2F4O2S/c9-5-3-4(1-2-6(5)11)7(8(12,13)14)17(10,15)16/h1-3,7H. The molecule has 0 aliphatic heterocycles. The normalized spacial score (nSPS) is 14.7. The lowest BCUT2D eigenvalue weighted by atomic mass is 10.1. The van der Waals surface area contributed by atoms with Crippen LogP contribution in [0.5, 0.6) is 0 Å². The summed E-state index contributed by atoms with van der Waals surface area (Å²) in [6, 6.07) is 1.88. The summed E-state index contributed by atoms with van der Waals surface area (Å²) >= 11 is 5.28. The molecule has 9 heteroatoms. The third-order valence-electron chi connectivity index (χ3n) is 1.83. The van der Waals surface area contributed by atoms with Gasteiger partial charge in [-0.1, -0.05) is 17.7 Å². The summed E-state index contributed by atoms with van der Waals surface area (Å²) in [5, 5.41) is -3.55. The lowest BCUT2D eigenvalue weighted by Crippen LogP contribution is -2.25. The smallest absolute Gasteiger partial charge is 0.211 e. The van der Waals surface area contributed by atoms with E-state index in [1.54, 1.807) is 0 Å². The second kappa shape index (κ2) is 4.62. The van der Waals surface area contributed by atoms with Crippen molar-refractivity contribution < 1.29 is 26.0 Å². The lowest BCUT2D eigenvalue weighted by Gasteiger charge is -2.17. The predicted octanol–water partition coefficient (Wildman–Crippen LogP) is 3.65. The molecule has 0 N–H and O–H groups in total. The van der Waals surface area contributed by atoms with Gasteiger partial charge in [0.15, 0.2) is 5.25 Å². The lowest BCUT2D eigenvalue weighted by molar-refractivity contribution is -0.131. The van der Waals surface area contributed by atoms with Crippen LogP contribution in [0.4, 0.5) is 17.6 Å². The van der Waals surface area contributed by atoms with Gasteiger partial charge in [0.25, 0.3) is 0 Å². The van der Waals surface area contributed by atoms with Crippen LogP contribution in [0.1, 0.15) is 10.8 Å². The highest BCUT2D eigenvalue weighted by molar-refractivity contribution is 8.14. The molecule has 0 saturated heterocycles. The first kappa shape index (κ1) is 14.5. The molecule has 0 saturated carbocycles. The fourth-order valence-electron chi connectivity index (χ4n) is 1.19. The first-order chi connectivity index (χ1) is 7.53. The molecule has 0 fully saturated rings. The number of hydrogen-bond donors (Lipinski definition) is 0. The van der Waals surface area contributed by atoms with E-state index in [1.165, 1.54) is 0 Å². The Balaban J connectivity index is 3.39. The quantitative estimate of drug-likeness (QED) is 0.617. The van der Waals surface area contributed by atoms with Crippen molar-refractivity contribution in [3.05, 3.63) is 34.6 Å². The summed E-state index contributed by atoms with van der Waals surface area (Å²) in [6.45, 7) is 0. The van der Waals surface area contributed by atoms with Crippen molar-refractivity contribution in [3.8, 4) is 0 Å². The molecule has 1 aromatic carbocycles. The van der Waals surface area contributed by atoms with Crippen molar-refractivity contribution in [1.29, 1.82) is 0 Å². The monoisotopic (exact) mass is 310 g/mol. The van der Waals surface area contributed by atoms with Crippen molar-refractivity contribution in [2.75, 3.05) is 0 Å². The molecule has 0 spiro atoms. The molecule has 0 bridgehead atoms. The highest BCUT2D eigenvalue weighted by atomic mass is 35.7. The van der Waals surface area contributed by atoms with Gasteiger partial charge in [0.2, 0.25) is 9.05 Å². The second-order valence-electron chi connectivity index (χ2n) is 3.07. The summed E-state index contributed by atoms with van der Waals surface area (Å²) in [7, 11) is -0.213. The van der Waals surface area contributed by atoms with Gasteiger partial charge in [-0.3, -0.25) is 0 Å². The molecule has 1 aromatic rings. The zero-order valence-electron chi connectivity index (χ0n) is 7.80. The van der Waals surface area contributed by atoms with Gasteiger partial charge in [0.1, 0.15) is 5.82 Å². The third-order valence-corrected chi connectivity index (χ3v) is 3.75. The molecule has 0 aromatic heterocycles. The summed E-state index contributed by atoms with van der Waals surface area (Å²) in [4.78, 5) is 0. The Bertz CT molecular complexity index is 527. The Labute approximate surface area is 104 Å². The molecule has 2 nitrogen and oxygen atoms in total. The van der Waals surface area contributed by atoms with Crippen LogP contribution >= 0.6 is 22.3 Å². The fourth-order valence-corrected chi connectivity index (χ4v) is 2.78. The topological polar surface area (TPSA) is 34.1 Å². The van der Waals surface area contributed by atoms with Gasteiger partial charge in [-0.25, -0.2) is 12.8 Å². The van der Waals surface area contributed by atoms with E-state index in [-0.39, 0.29) is 0 Å². The first-order valence-corrected chi connectivity index (χ1v) is 6.73. The molecule has 0 heterocycles. The predicted molar refractivity (Wildman–Crippen MR) is 55.0 cm³/mol. The van der Waals surface area contributed by atoms with Gasteiger partial charge in [-0.15, -0.1) is 0 Å². The number of rotatable bonds is 2. The summed E-state index contributed by atoms with van der Waals surface area (Å²) in [5.41, 5.74) is -0.737. The van der Waals surface area contributed by atoms with Crippen LogP contribution in [0.3, 0.4) is 0 Å². The molecule has 0 aliphatic rings. The maximum atomic E-state index is 12.8. The Kier molecular flexibility index (Phi) is 3.95. The molecule has 0 aliphatic carbocycles. The minimum absolute atomic E-state index is 0.578. The van der Waals surface area contributed by atoms with Gasteiger partial charge in [0.05, 0.1) is 5.02 Å². The Morgan fingerprint density at radius 1 is 1.24 bits per heavy atom. The van der Waals surface area contributed by atoms with Crippen LogP contribution in [0, 0.1) is 5.82 Å². The fraction of sp³-hybridized carbons (Fsp3) is 0.250. The van der Waals surface area contributed by atoms with E-state index in [0.29, 0.717) is 18.2 Å². The molecule has 96 valence electrons. The highest BCUT2D eigenvalue weighted by Gasteiger charge is 2.49. The van der Waals surface area contributed by atoms with Crippen LogP contribution in [0.2, 0.25) is 5.02 Å². The van der Waals surface area contributed by atoms with Gasteiger partial charge in [-0.2, -0.15) is 13.2 Å². The van der Waals surface area contributed by atoms with Crippen LogP contribution in [-0.4, -0.2) is 14.6 Å². The molecule has 1 atom stereocenters. The first-order valence-electron chi connectivity index (χ1n) is 3.98. The highest BCUT2D eigenvalue weighted by Crippen LogP contribution is 2.41. The van der Waals surface area contributed by atoms with E-state index in [0.717, 1.165) is 0 Å². The van der Waals surface area contributed by atoms with Crippen LogP contribution in [0.25, 0.3) is 0 Å². The Morgan fingerprint density at radius 2 is 1.76 bits per heavy atom. The molecular weight excluding hydrogens is 307 g/mol. The summed E-state index contributed by atoms with van der Waals surface area (Å²) in [6.07, 6.45) is -5.11. The third kappa shape index (κ3) is 3.46. The Hall–Kier alpha value is -0.530. The molecule has 1 rings (SSSR count). The zero-order chi connectivity index (χ0) is 13.4. The van der Waals surface area contributed by atoms with Crippen molar-refractivity contribution in [2.24, 2.45) is 0 Å². The van der Waals surface area contributed by atoms with E-state index in [4.69, 9.17) is 22.3 Å². The van der Waals surface area contributed by atoms with Crippen molar-refractivity contribution in [3.63, 3.8) is 0 Å². The average molecular weight is 311 g/mol. The number of alkyl halides is 3. The maximum Gasteiger partial charge on any atom is 0.410 e. The van der Waals surface area contributed by atoms with E-state index in [9.17, 15) is 26.0 Å². The number of halogens is 6.